The molecule has 0 aliphatic rings. The van der Waals surface area contributed by atoms with Crippen LogP contribution in [-0.4, -0.2) is 14.1 Å². The van der Waals surface area contributed by atoms with Crippen LogP contribution in [0.5, 0.6) is 0 Å². The third kappa shape index (κ3) is 3.85. The van der Waals surface area contributed by atoms with E-state index in [1.54, 1.807) is 19.9 Å². The summed E-state index contributed by atoms with van der Waals surface area (Å²) in [7, 11) is 3.94. The summed E-state index contributed by atoms with van der Waals surface area (Å²) in [6.07, 6.45) is 1.69. The largest absolute Gasteiger partial charge is 0.377 e. The standard InChI is InChI=1S/C19H20N2S/c1-6-10-15(7-2)19(17(13-20)14(3)22)16-11-8-9-12-18(16)21(4)5/h7-9,11-12,22H,2H2,1,3-5H3/b17-14+,19-15+. The third-order valence-electron chi connectivity index (χ3n) is 3.11. The van der Waals surface area contributed by atoms with Crippen molar-refractivity contribution < 1.29 is 0 Å². The molecule has 0 bridgehead atoms. The van der Waals surface area contributed by atoms with E-state index in [2.05, 4.69) is 37.1 Å². The Morgan fingerprint density at radius 3 is 2.41 bits per heavy atom. The number of nitriles is 1. The number of nitrogens with zero attached hydrogens (tertiary/aromatic N) is 2. The van der Waals surface area contributed by atoms with Gasteiger partial charge in [-0.25, -0.2) is 0 Å². The van der Waals surface area contributed by atoms with Crippen LogP contribution in [0.15, 0.2) is 53.0 Å². The van der Waals surface area contributed by atoms with Crippen molar-refractivity contribution in [2.24, 2.45) is 0 Å². The van der Waals surface area contributed by atoms with E-state index >= 15 is 0 Å². The zero-order valence-electron chi connectivity index (χ0n) is 13.4. The second-order valence-corrected chi connectivity index (χ2v) is 5.52. The average molecular weight is 308 g/mol. The molecule has 112 valence electrons. The topological polar surface area (TPSA) is 27.0 Å². The van der Waals surface area contributed by atoms with Gasteiger partial charge in [-0.2, -0.15) is 5.26 Å². The molecular weight excluding hydrogens is 288 g/mol. The molecule has 22 heavy (non-hydrogen) atoms. The Bertz CT molecular complexity index is 731. The monoisotopic (exact) mass is 308 g/mol. The normalized spacial score (nSPS) is 12.2. The lowest BCUT2D eigenvalue weighted by Gasteiger charge is -2.20. The van der Waals surface area contributed by atoms with Gasteiger partial charge in [-0.3, -0.25) is 0 Å². The summed E-state index contributed by atoms with van der Waals surface area (Å²) in [5, 5.41) is 9.58. The van der Waals surface area contributed by atoms with Gasteiger partial charge in [-0.1, -0.05) is 36.8 Å². The van der Waals surface area contributed by atoms with E-state index in [1.165, 1.54) is 0 Å². The van der Waals surface area contributed by atoms with Crippen molar-refractivity contribution >= 4 is 23.9 Å². The van der Waals surface area contributed by atoms with E-state index in [0.717, 1.165) is 22.4 Å². The SMILES string of the molecule is C=C/C(C#CC)=C(\C(C#N)=C(/C)S)c1ccccc1N(C)C. The van der Waals surface area contributed by atoms with Crippen LogP contribution in [0.1, 0.15) is 19.4 Å². The van der Waals surface area contributed by atoms with E-state index in [-0.39, 0.29) is 0 Å². The molecule has 1 aromatic rings. The Morgan fingerprint density at radius 1 is 1.32 bits per heavy atom. The van der Waals surface area contributed by atoms with Crippen molar-refractivity contribution in [2.75, 3.05) is 19.0 Å². The first-order valence-electron chi connectivity index (χ1n) is 6.84. The minimum atomic E-state index is 0.510. The minimum Gasteiger partial charge on any atom is -0.377 e. The van der Waals surface area contributed by atoms with Gasteiger partial charge in [0.15, 0.2) is 0 Å². The molecule has 2 nitrogen and oxygen atoms in total. The predicted octanol–water partition coefficient (Wildman–Crippen LogP) is 4.44. The lowest BCUT2D eigenvalue weighted by atomic mass is 9.91. The smallest absolute Gasteiger partial charge is 0.101 e. The summed E-state index contributed by atoms with van der Waals surface area (Å²) in [5.74, 6) is 5.93. The van der Waals surface area contributed by atoms with Gasteiger partial charge in [0.25, 0.3) is 0 Å². The number of hydrogen-bond donors (Lipinski definition) is 1. The Morgan fingerprint density at radius 2 is 1.95 bits per heavy atom. The maximum atomic E-state index is 9.58. The summed E-state index contributed by atoms with van der Waals surface area (Å²) in [5.41, 5.74) is 3.95. The van der Waals surface area contributed by atoms with Gasteiger partial charge in [0.2, 0.25) is 0 Å². The molecule has 1 aromatic carbocycles. The number of rotatable bonds is 4. The number of thiol groups is 1. The van der Waals surface area contributed by atoms with Gasteiger partial charge in [-0.05, 0) is 24.8 Å². The number of benzene rings is 1. The van der Waals surface area contributed by atoms with Crippen LogP contribution in [-0.2, 0) is 0 Å². The molecule has 1 rings (SSSR count). The van der Waals surface area contributed by atoms with E-state index in [9.17, 15) is 5.26 Å². The Kier molecular flexibility index (Phi) is 6.57. The molecule has 0 aromatic heterocycles. The van der Waals surface area contributed by atoms with Crippen molar-refractivity contribution in [3.05, 3.63) is 58.5 Å². The first-order chi connectivity index (χ1) is 10.5. The second-order valence-electron chi connectivity index (χ2n) is 4.85. The first-order valence-corrected chi connectivity index (χ1v) is 7.29. The van der Waals surface area contributed by atoms with Crippen LogP contribution in [0.2, 0.25) is 0 Å². The maximum Gasteiger partial charge on any atom is 0.101 e. The zero-order valence-corrected chi connectivity index (χ0v) is 14.3. The van der Waals surface area contributed by atoms with Gasteiger partial charge < -0.3 is 4.90 Å². The van der Waals surface area contributed by atoms with Crippen LogP contribution in [0.25, 0.3) is 5.57 Å². The van der Waals surface area contributed by atoms with Crippen molar-refractivity contribution in [3.8, 4) is 17.9 Å². The highest BCUT2D eigenvalue weighted by atomic mass is 32.1. The fourth-order valence-electron chi connectivity index (χ4n) is 2.16. The van der Waals surface area contributed by atoms with Gasteiger partial charge in [-0.15, -0.1) is 18.5 Å². The summed E-state index contributed by atoms with van der Waals surface area (Å²) < 4.78 is 0. The highest BCUT2D eigenvalue weighted by molar-refractivity contribution is 7.84. The van der Waals surface area contributed by atoms with Gasteiger partial charge in [0.1, 0.15) is 6.07 Å². The molecule has 0 radical (unpaired) electrons. The molecule has 0 aliphatic heterocycles. The molecule has 0 saturated heterocycles. The summed E-state index contributed by atoms with van der Waals surface area (Å²) >= 11 is 4.38. The molecule has 0 atom stereocenters. The molecule has 0 fully saturated rings. The Hall–Kier alpha value is -2.36. The first kappa shape index (κ1) is 17.7. The van der Waals surface area contributed by atoms with Crippen LogP contribution in [0.4, 0.5) is 5.69 Å². The Labute approximate surface area is 138 Å². The summed E-state index contributed by atoms with van der Waals surface area (Å²) in [6.45, 7) is 7.42. The molecular formula is C19H20N2S. The number of anilines is 1. The minimum absolute atomic E-state index is 0.510. The number of allylic oxidation sites excluding steroid dienone is 5. The molecule has 0 aliphatic carbocycles. The van der Waals surface area contributed by atoms with Gasteiger partial charge >= 0.3 is 0 Å². The van der Waals surface area contributed by atoms with E-state index in [0.29, 0.717) is 10.5 Å². The van der Waals surface area contributed by atoms with Crippen LogP contribution in [0.3, 0.4) is 0 Å². The lowest BCUT2D eigenvalue weighted by Crippen LogP contribution is -2.11. The molecule has 0 heterocycles. The molecule has 0 saturated carbocycles. The average Bonchev–Trinajstić information content (AvgIpc) is 2.50. The van der Waals surface area contributed by atoms with Gasteiger partial charge in [0.05, 0.1) is 5.57 Å². The number of hydrogen-bond acceptors (Lipinski definition) is 3. The van der Waals surface area contributed by atoms with E-state index in [1.807, 2.05) is 43.3 Å². The lowest BCUT2D eigenvalue weighted by molar-refractivity contribution is 1.12. The Balaban J connectivity index is 3.90. The van der Waals surface area contributed by atoms with Crippen molar-refractivity contribution in [1.29, 1.82) is 5.26 Å². The summed E-state index contributed by atoms with van der Waals surface area (Å²) in [6, 6.07) is 10.2. The molecule has 0 unspecified atom stereocenters. The highest BCUT2D eigenvalue weighted by Gasteiger charge is 2.17. The molecule has 3 heteroatoms. The molecule has 0 amide bonds. The van der Waals surface area contributed by atoms with Crippen LogP contribution < -0.4 is 4.90 Å². The van der Waals surface area contributed by atoms with E-state index in [4.69, 9.17) is 0 Å². The summed E-state index contributed by atoms with van der Waals surface area (Å²) in [4.78, 5) is 2.67. The highest BCUT2D eigenvalue weighted by Crippen LogP contribution is 2.35. The van der Waals surface area contributed by atoms with Gasteiger partial charge in [0, 0.05) is 36.5 Å². The third-order valence-corrected chi connectivity index (χ3v) is 3.34. The quantitative estimate of drug-likeness (QED) is 0.385. The van der Waals surface area contributed by atoms with Crippen LogP contribution in [0, 0.1) is 23.2 Å². The maximum absolute atomic E-state index is 9.58. The number of para-hydroxylation sites is 1. The predicted molar refractivity (Wildman–Crippen MR) is 98.6 cm³/mol. The fraction of sp³-hybridized carbons (Fsp3) is 0.211. The van der Waals surface area contributed by atoms with Crippen molar-refractivity contribution in [2.45, 2.75) is 13.8 Å². The second kappa shape index (κ2) is 8.17. The van der Waals surface area contributed by atoms with E-state index < -0.39 is 0 Å². The molecule has 0 spiro atoms. The van der Waals surface area contributed by atoms with Crippen molar-refractivity contribution in [3.63, 3.8) is 0 Å². The van der Waals surface area contributed by atoms with Crippen LogP contribution >= 0.6 is 12.6 Å². The zero-order chi connectivity index (χ0) is 16.7. The molecule has 0 N–H and O–H groups in total. The fourth-order valence-corrected chi connectivity index (χ4v) is 2.32. The van der Waals surface area contributed by atoms with Crippen molar-refractivity contribution in [1.82, 2.24) is 0 Å².